The van der Waals surface area contributed by atoms with E-state index >= 15 is 0 Å². The first kappa shape index (κ1) is 16.7. The Kier molecular flexibility index (Phi) is 5.26. The molecular weight excluding hydrogens is 298 g/mol. The minimum atomic E-state index is 0.0825. The average molecular weight is 323 g/mol. The molecule has 1 saturated heterocycles. The Morgan fingerprint density at radius 1 is 1.17 bits per heavy atom. The molecule has 0 bridgehead atoms. The van der Waals surface area contributed by atoms with Gasteiger partial charge >= 0.3 is 0 Å². The van der Waals surface area contributed by atoms with Gasteiger partial charge in [0.05, 0.1) is 6.42 Å². The summed E-state index contributed by atoms with van der Waals surface area (Å²) in [5.74, 6) is 0.549. The van der Waals surface area contributed by atoms with Crippen LogP contribution in [0.15, 0.2) is 48.7 Å². The molecule has 0 saturated carbocycles. The van der Waals surface area contributed by atoms with Crippen LogP contribution in [0.3, 0.4) is 0 Å². The van der Waals surface area contributed by atoms with E-state index in [9.17, 15) is 4.79 Å². The van der Waals surface area contributed by atoms with E-state index in [2.05, 4.69) is 46.4 Å². The van der Waals surface area contributed by atoms with Crippen LogP contribution in [-0.2, 0) is 17.8 Å². The maximum absolute atomic E-state index is 12.3. The van der Waals surface area contributed by atoms with Crippen molar-refractivity contribution in [3.63, 3.8) is 0 Å². The molecule has 2 aromatic rings. The van der Waals surface area contributed by atoms with Crippen molar-refractivity contribution in [2.75, 3.05) is 13.1 Å². The lowest BCUT2D eigenvalue weighted by molar-refractivity contribution is -0.121. The number of likely N-dealkylation sites (tertiary alicyclic amines) is 1. The third-order valence-electron chi connectivity index (χ3n) is 4.62. The number of carbonyl (C=O) groups is 1. The van der Waals surface area contributed by atoms with Crippen molar-refractivity contribution in [3.8, 4) is 0 Å². The highest BCUT2D eigenvalue weighted by Crippen LogP contribution is 2.19. The summed E-state index contributed by atoms with van der Waals surface area (Å²) in [6, 6.07) is 14.6. The number of aryl methyl sites for hydroxylation is 1. The summed E-state index contributed by atoms with van der Waals surface area (Å²) in [5.41, 5.74) is 3.26. The number of rotatable bonds is 5. The van der Waals surface area contributed by atoms with Crippen molar-refractivity contribution in [1.82, 2.24) is 15.2 Å². The quantitative estimate of drug-likeness (QED) is 0.920. The van der Waals surface area contributed by atoms with E-state index in [1.165, 1.54) is 5.56 Å². The largest absolute Gasteiger partial charge is 0.351 e. The number of carbonyl (C=O) groups excluding carboxylic acids is 1. The molecule has 1 aromatic carbocycles. The predicted octanol–water partition coefficient (Wildman–Crippen LogP) is 2.57. The number of pyridine rings is 1. The Balaban J connectivity index is 1.51. The molecule has 4 nitrogen and oxygen atoms in total. The van der Waals surface area contributed by atoms with E-state index in [1.807, 2.05) is 25.1 Å². The van der Waals surface area contributed by atoms with Crippen LogP contribution in [0.1, 0.15) is 23.7 Å². The van der Waals surface area contributed by atoms with Crippen molar-refractivity contribution in [2.45, 2.75) is 32.9 Å². The van der Waals surface area contributed by atoms with Crippen molar-refractivity contribution < 1.29 is 4.79 Å². The topological polar surface area (TPSA) is 45.2 Å². The molecule has 1 N–H and O–H groups in total. The summed E-state index contributed by atoms with van der Waals surface area (Å²) < 4.78 is 0. The first-order valence-electron chi connectivity index (χ1n) is 8.57. The molecule has 24 heavy (non-hydrogen) atoms. The number of benzene rings is 1. The predicted molar refractivity (Wildman–Crippen MR) is 95.5 cm³/mol. The second-order valence-electron chi connectivity index (χ2n) is 6.82. The molecule has 0 unspecified atom stereocenters. The molecule has 1 fully saturated rings. The molecule has 1 aromatic heterocycles. The van der Waals surface area contributed by atoms with E-state index in [4.69, 9.17) is 0 Å². The number of nitrogens with zero attached hydrogens (tertiary/aromatic N) is 2. The van der Waals surface area contributed by atoms with Gasteiger partial charge in [0.1, 0.15) is 0 Å². The molecule has 2 heterocycles. The number of hydrogen-bond donors (Lipinski definition) is 1. The second-order valence-corrected chi connectivity index (χ2v) is 6.82. The Morgan fingerprint density at radius 3 is 2.67 bits per heavy atom. The van der Waals surface area contributed by atoms with E-state index in [0.29, 0.717) is 12.3 Å². The second kappa shape index (κ2) is 7.58. The fourth-order valence-electron chi connectivity index (χ4n) is 3.27. The van der Waals surface area contributed by atoms with Crippen molar-refractivity contribution in [3.05, 3.63) is 65.5 Å². The maximum Gasteiger partial charge on any atom is 0.224 e. The zero-order valence-electron chi connectivity index (χ0n) is 14.4. The zero-order chi connectivity index (χ0) is 16.9. The summed E-state index contributed by atoms with van der Waals surface area (Å²) in [6.45, 7) is 7.04. The molecule has 2 atom stereocenters. The molecule has 126 valence electrons. The van der Waals surface area contributed by atoms with E-state index in [0.717, 1.165) is 30.9 Å². The van der Waals surface area contributed by atoms with Crippen LogP contribution in [0.25, 0.3) is 0 Å². The maximum atomic E-state index is 12.3. The van der Waals surface area contributed by atoms with Crippen molar-refractivity contribution in [1.29, 1.82) is 0 Å². The van der Waals surface area contributed by atoms with Crippen LogP contribution in [0.2, 0.25) is 0 Å². The van der Waals surface area contributed by atoms with Gasteiger partial charge in [-0.3, -0.25) is 14.7 Å². The summed E-state index contributed by atoms with van der Waals surface area (Å²) in [4.78, 5) is 19.0. The lowest BCUT2D eigenvalue weighted by atomic mass is 10.1. The normalized spacial score (nSPS) is 20.9. The smallest absolute Gasteiger partial charge is 0.224 e. The average Bonchev–Trinajstić information content (AvgIpc) is 2.90. The molecule has 0 radical (unpaired) electrons. The van der Waals surface area contributed by atoms with Gasteiger partial charge in [0.2, 0.25) is 5.91 Å². The Labute approximate surface area is 143 Å². The Hall–Kier alpha value is -2.20. The van der Waals surface area contributed by atoms with E-state index in [-0.39, 0.29) is 11.9 Å². The van der Waals surface area contributed by atoms with E-state index in [1.54, 1.807) is 6.20 Å². The third-order valence-corrected chi connectivity index (χ3v) is 4.62. The van der Waals surface area contributed by atoms with Gasteiger partial charge in [-0.05, 0) is 30.0 Å². The summed E-state index contributed by atoms with van der Waals surface area (Å²) in [5, 5.41) is 3.20. The minimum Gasteiger partial charge on any atom is -0.351 e. The van der Waals surface area contributed by atoms with Gasteiger partial charge in [-0.15, -0.1) is 0 Å². The first-order valence-corrected chi connectivity index (χ1v) is 8.57. The summed E-state index contributed by atoms with van der Waals surface area (Å²) in [6.07, 6.45) is 2.18. The van der Waals surface area contributed by atoms with Gasteiger partial charge in [0.25, 0.3) is 0 Å². The third kappa shape index (κ3) is 4.42. The number of nitrogens with one attached hydrogen (secondary N) is 1. The lowest BCUT2D eigenvalue weighted by Gasteiger charge is -2.17. The van der Waals surface area contributed by atoms with Gasteiger partial charge in [0.15, 0.2) is 0 Å². The Bertz CT molecular complexity index is 669. The molecule has 1 aliphatic heterocycles. The van der Waals surface area contributed by atoms with Crippen molar-refractivity contribution in [2.24, 2.45) is 5.92 Å². The summed E-state index contributed by atoms with van der Waals surface area (Å²) >= 11 is 0. The molecular formula is C20H25N3O. The number of amides is 1. The van der Waals surface area contributed by atoms with Crippen LogP contribution in [0.5, 0.6) is 0 Å². The van der Waals surface area contributed by atoms with Crippen LogP contribution in [-0.4, -0.2) is 34.9 Å². The van der Waals surface area contributed by atoms with Crippen LogP contribution < -0.4 is 5.32 Å². The minimum absolute atomic E-state index is 0.0825. The van der Waals surface area contributed by atoms with Gasteiger partial charge in [-0.25, -0.2) is 0 Å². The highest BCUT2D eigenvalue weighted by atomic mass is 16.1. The zero-order valence-corrected chi connectivity index (χ0v) is 14.4. The number of aromatic nitrogens is 1. The SMILES string of the molecule is Cc1ccc(CC(=O)N[C@H]2CN(Cc3ccccc3)C[C@H]2C)cn1. The molecule has 1 amide bonds. The van der Waals surface area contributed by atoms with E-state index < -0.39 is 0 Å². The molecule has 3 rings (SSSR count). The van der Waals surface area contributed by atoms with Crippen LogP contribution in [0.4, 0.5) is 0 Å². The van der Waals surface area contributed by atoms with Gasteiger partial charge in [0, 0.05) is 37.6 Å². The van der Waals surface area contributed by atoms with Gasteiger partial charge < -0.3 is 5.32 Å². The fraction of sp³-hybridized carbons (Fsp3) is 0.400. The summed E-state index contributed by atoms with van der Waals surface area (Å²) in [7, 11) is 0. The first-order chi connectivity index (χ1) is 11.6. The fourth-order valence-corrected chi connectivity index (χ4v) is 3.27. The van der Waals surface area contributed by atoms with Crippen molar-refractivity contribution >= 4 is 5.91 Å². The van der Waals surface area contributed by atoms with Crippen LogP contribution in [0, 0.1) is 12.8 Å². The van der Waals surface area contributed by atoms with Gasteiger partial charge in [-0.2, -0.15) is 0 Å². The molecule has 1 aliphatic rings. The lowest BCUT2D eigenvalue weighted by Crippen LogP contribution is -2.40. The highest BCUT2D eigenvalue weighted by molar-refractivity contribution is 5.78. The van der Waals surface area contributed by atoms with Gasteiger partial charge in [-0.1, -0.05) is 43.3 Å². The molecule has 4 heteroatoms. The Morgan fingerprint density at radius 2 is 1.96 bits per heavy atom. The molecule has 0 spiro atoms. The monoisotopic (exact) mass is 323 g/mol. The standard InChI is InChI=1S/C20H25N3O/c1-15-12-23(13-17-6-4-3-5-7-17)14-19(15)22-20(24)10-18-9-8-16(2)21-11-18/h3-9,11,15,19H,10,12-14H2,1-2H3,(H,22,24)/t15-,19+/m1/s1. The number of hydrogen-bond acceptors (Lipinski definition) is 3. The molecule has 0 aliphatic carbocycles. The van der Waals surface area contributed by atoms with Crippen LogP contribution >= 0.6 is 0 Å². The highest BCUT2D eigenvalue weighted by Gasteiger charge is 2.30.